The fraction of sp³-hybridized carbons (Fsp3) is 0.364. The monoisotopic (exact) mass is 368 g/mol. The van der Waals surface area contributed by atoms with E-state index in [1.165, 1.54) is 5.56 Å². The van der Waals surface area contributed by atoms with Crippen molar-refractivity contribution in [1.82, 2.24) is 4.90 Å². The molecule has 0 atom stereocenters. The molecule has 2 amide bonds. The zero-order valence-corrected chi connectivity index (χ0v) is 16.5. The quantitative estimate of drug-likeness (QED) is 0.770. The maximum Gasteiger partial charge on any atom is 0.262 e. The Balaban J connectivity index is 1.84. The van der Waals surface area contributed by atoms with Crippen molar-refractivity contribution in [2.24, 2.45) is 0 Å². The number of hydrogen-bond donors (Lipinski definition) is 1. The van der Waals surface area contributed by atoms with Crippen LogP contribution in [0.2, 0.25) is 0 Å². The Kier molecular flexibility index (Phi) is 7.41. The van der Waals surface area contributed by atoms with Crippen molar-refractivity contribution in [3.63, 3.8) is 0 Å². The molecule has 27 heavy (non-hydrogen) atoms. The number of anilines is 1. The number of amides is 2. The average Bonchev–Trinajstić information content (AvgIpc) is 2.65. The van der Waals surface area contributed by atoms with Gasteiger partial charge in [0.15, 0.2) is 6.61 Å². The van der Waals surface area contributed by atoms with Gasteiger partial charge in [-0.3, -0.25) is 9.59 Å². The molecule has 0 spiro atoms. The third kappa shape index (κ3) is 6.77. The molecule has 144 valence electrons. The second kappa shape index (κ2) is 9.76. The Bertz CT molecular complexity index is 767. The molecule has 0 unspecified atom stereocenters. The zero-order valence-electron chi connectivity index (χ0n) is 16.5. The van der Waals surface area contributed by atoms with E-state index in [0.717, 1.165) is 5.56 Å². The highest BCUT2D eigenvalue weighted by molar-refractivity contribution is 5.92. The Morgan fingerprint density at radius 3 is 2.41 bits per heavy atom. The number of benzene rings is 2. The third-order valence-electron chi connectivity index (χ3n) is 4.25. The standard InChI is InChI=1S/C22H28N2O3/c1-16(2)18-9-11-20(12-10-18)27-15-21(25)23-19-7-5-6-17(14-19)8-13-22(26)24(3)4/h5-7,9-12,14,16H,8,13,15H2,1-4H3,(H,23,25). The normalized spacial score (nSPS) is 10.6. The predicted octanol–water partition coefficient (Wildman–Crippen LogP) is 3.85. The van der Waals surface area contributed by atoms with E-state index in [2.05, 4.69) is 19.2 Å². The van der Waals surface area contributed by atoms with E-state index in [1.54, 1.807) is 19.0 Å². The average molecular weight is 368 g/mol. The summed E-state index contributed by atoms with van der Waals surface area (Å²) in [5.74, 6) is 0.999. The molecule has 0 radical (unpaired) electrons. The van der Waals surface area contributed by atoms with Crippen LogP contribution in [-0.4, -0.2) is 37.4 Å². The lowest BCUT2D eigenvalue weighted by Crippen LogP contribution is -2.22. The predicted molar refractivity (Wildman–Crippen MR) is 108 cm³/mol. The molecule has 2 rings (SSSR count). The van der Waals surface area contributed by atoms with E-state index in [0.29, 0.717) is 30.2 Å². The minimum atomic E-state index is -0.218. The van der Waals surface area contributed by atoms with Gasteiger partial charge < -0.3 is 15.0 Å². The first-order chi connectivity index (χ1) is 12.8. The number of rotatable bonds is 8. The maximum absolute atomic E-state index is 12.1. The highest BCUT2D eigenvalue weighted by atomic mass is 16.5. The molecule has 1 N–H and O–H groups in total. The molecule has 5 nitrogen and oxygen atoms in total. The summed E-state index contributed by atoms with van der Waals surface area (Å²) in [6, 6.07) is 15.3. The summed E-state index contributed by atoms with van der Waals surface area (Å²) >= 11 is 0. The molecule has 2 aromatic rings. The van der Waals surface area contributed by atoms with Gasteiger partial charge in [0.25, 0.3) is 5.91 Å². The number of nitrogens with zero attached hydrogens (tertiary/aromatic N) is 1. The summed E-state index contributed by atoms with van der Waals surface area (Å²) in [5, 5.41) is 2.83. The molecule has 0 aromatic heterocycles. The van der Waals surface area contributed by atoms with Crippen LogP contribution in [0.1, 0.15) is 37.3 Å². The molecule has 0 fully saturated rings. The highest BCUT2D eigenvalue weighted by Gasteiger charge is 2.07. The Morgan fingerprint density at radius 1 is 1.07 bits per heavy atom. The van der Waals surface area contributed by atoms with Crippen LogP contribution in [0.3, 0.4) is 0 Å². The van der Waals surface area contributed by atoms with Crippen LogP contribution in [0.15, 0.2) is 48.5 Å². The first kappa shape index (κ1) is 20.5. The molecule has 0 heterocycles. The number of carbonyl (C=O) groups is 2. The fourth-order valence-electron chi connectivity index (χ4n) is 2.57. The summed E-state index contributed by atoms with van der Waals surface area (Å²) in [7, 11) is 3.49. The van der Waals surface area contributed by atoms with E-state index < -0.39 is 0 Å². The van der Waals surface area contributed by atoms with Crippen LogP contribution in [-0.2, 0) is 16.0 Å². The zero-order chi connectivity index (χ0) is 19.8. The lowest BCUT2D eigenvalue weighted by molar-refractivity contribution is -0.128. The van der Waals surface area contributed by atoms with Crippen LogP contribution in [0, 0.1) is 0 Å². The lowest BCUT2D eigenvalue weighted by Gasteiger charge is -2.11. The van der Waals surface area contributed by atoms with Crippen molar-refractivity contribution in [1.29, 1.82) is 0 Å². The maximum atomic E-state index is 12.1. The second-order valence-corrected chi connectivity index (χ2v) is 7.05. The number of ether oxygens (including phenoxy) is 1. The molecule has 0 bridgehead atoms. The van der Waals surface area contributed by atoms with Gasteiger partial charge in [-0.25, -0.2) is 0 Å². The van der Waals surface area contributed by atoms with Crippen molar-refractivity contribution < 1.29 is 14.3 Å². The SMILES string of the molecule is CC(C)c1ccc(OCC(=O)Nc2cccc(CCC(=O)N(C)C)c2)cc1. The second-order valence-electron chi connectivity index (χ2n) is 7.05. The Hall–Kier alpha value is -2.82. The molecule has 0 aliphatic rings. The molecule has 0 aliphatic heterocycles. The first-order valence-corrected chi connectivity index (χ1v) is 9.17. The summed E-state index contributed by atoms with van der Waals surface area (Å²) in [5.41, 5.74) is 2.94. The minimum absolute atomic E-state index is 0.0512. The Labute approximate surface area is 161 Å². The van der Waals surface area contributed by atoms with Crippen molar-refractivity contribution in [2.45, 2.75) is 32.6 Å². The van der Waals surface area contributed by atoms with Crippen molar-refractivity contribution in [3.05, 3.63) is 59.7 Å². The van der Waals surface area contributed by atoms with Crippen molar-refractivity contribution >= 4 is 17.5 Å². The topological polar surface area (TPSA) is 58.6 Å². The molecule has 2 aromatic carbocycles. The number of hydrogen-bond acceptors (Lipinski definition) is 3. The number of carbonyl (C=O) groups excluding carboxylic acids is 2. The van der Waals surface area contributed by atoms with E-state index in [1.807, 2.05) is 48.5 Å². The molecule has 5 heteroatoms. The Morgan fingerprint density at radius 2 is 1.78 bits per heavy atom. The van der Waals surface area contributed by atoms with Crippen LogP contribution < -0.4 is 10.1 Å². The largest absolute Gasteiger partial charge is 0.484 e. The van der Waals surface area contributed by atoms with Gasteiger partial charge in [0.2, 0.25) is 5.91 Å². The minimum Gasteiger partial charge on any atom is -0.484 e. The first-order valence-electron chi connectivity index (χ1n) is 9.17. The van der Waals surface area contributed by atoms with Crippen molar-refractivity contribution in [2.75, 3.05) is 26.0 Å². The molecular weight excluding hydrogens is 340 g/mol. The summed E-state index contributed by atoms with van der Waals surface area (Å²) < 4.78 is 5.55. The van der Waals surface area contributed by atoms with Gasteiger partial charge in [-0.1, -0.05) is 38.1 Å². The van der Waals surface area contributed by atoms with Crippen LogP contribution >= 0.6 is 0 Å². The van der Waals surface area contributed by atoms with E-state index in [4.69, 9.17) is 4.74 Å². The van der Waals surface area contributed by atoms with Gasteiger partial charge in [-0.2, -0.15) is 0 Å². The number of nitrogens with one attached hydrogen (secondary N) is 1. The van der Waals surface area contributed by atoms with E-state index in [9.17, 15) is 9.59 Å². The van der Waals surface area contributed by atoms with Crippen LogP contribution in [0.5, 0.6) is 5.75 Å². The molecule has 0 saturated carbocycles. The van der Waals surface area contributed by atoms with Gasteiger partial charge in [0, 0.05) is 26.2 Å². The lowest BCUT2D eigenvalue weighted by atomic mass is 10.0. The van der Waals surface area contributed by atoms with E-state index in [-0.39, 0.29) is 18.4 Å². The van der Waals surface area contributed by atoms with E-state index >= 15 is 0 Å². The summed E-state index contributed by atoms with van der Waals surface area (Å²) in [6.07, 6.45) is 1.08. The van der Waals surface area contributed by atoms with Gasteiger partial charge in [-0.15, -0.1) is 0 Å². The van der Waals surface area contributed by atoms with Gasteiger partial charge >= 0.3 is 0 Å². The fourth-order valence-corrected chi connectivity index (χ4v) is 2.57. The van der Waals surface area contributed by atoms with Gasteiger partial charge in [0.05, 0.1) is 0 Å². The molecular formula is C22H28N2O3. The van der Waals surface area contributed by atoms with Crippen molar-refractivity contribution in [3.8, 4) is 5.75 Å². The van der Waals surface area contributed by atoms with Crippen LogP contribution in [0.4, 0.5) is 5.69 Å². The van der Waals surface area contributed by atoms with Gasteiger partial charge in [-0.05, 0) is 47.7 Å². The summed E-state index contributed by atoms with van der Waals surface area (Å²) in [6.45, 7) is 4.21. The summed E-state index contributed by atoms with van der Waals surface area (Å²) in [4.78, 5) is 25.4. The number of aryl methyl sites for hydroxylation is 1. The smallest absolute Gasteiger partial charge is 0.262 e. The molecule has 0 saturated heterocycles. The van der Waals surface area contributed by atoms with Gasteiger partial charge in [0.1, 0.15) is 5.75 Å². The molecule has 0 aliphatic carbocycles. The highest BCUT2D eigenvalue weighted by Crippen LogP contribution is 2.18. The third-order valence-corrected chi connectivity index (χ3v) is 4.25. The van der Waals surface area contributed by atoms with Crippen LogP contribution in [0.25, 0.3) is 0 Å².